The summed E-state index contributed by atoms with van der Waals surface area (Å²) in [6.45, 7) is 2.33. The highest BCUT2D eigenvalue weighted by atomic mass is 19.1. The van der Waals surface area contributed by atoms with Gasteiger partial charge in [-0.05, 0) is 48.9 Å². The summed E-state index contributed by atoms with van der Waals surface area (Å²) in [7, 11) is 0. The number of halogens is 2. The van der Waals surface area contributed by atoms with Crippen molar-refractivity contribution in [2.75, 3.05) is 13.1 Å². The van der Waals surface area contributed by atoms with Gasteiger partial charge in [-0.2, -0.15) is 0 Å². The lowest BCUT2D eigenvalue weighted by atomic mass is 10.1. The van der Waals surface area contributed by atoms with Gasteiger partial charge in [0, 0.05) is 25.2 Å². The van der Waals surface area contributed by atoms with Crippen molar-refractivity contribution in [3.63, 3.8) is 0 Å². The van der Waals surface area contributed by atoms with Crippen LogP contribution in [0.4, 0.5) is 8.78 Å². The van der Waals surface area contributed by atoms with Gasteiger partial charge >= 0.3 is 0 Å². The van der Waals surface area contributed by atoms with Crippen LogP contribution in [-0.4, -0.2) is 18.0 Å². The maximum atomic E-state index is 13.9. The maximum absolute atomic E-state index is 13.9. The summed E-state index contributed by atoms with van der Waals surface area (Å²) in [5.41, 5.74) is 1.73. The Morgan fingerprint density at radius 2 is 1.77 bits per heavy atom. The summed E-state index contributed by atoms with van der Waals surface area (Å²) in [4.78, 5) is 2.25. The van der Waals surface area contributed by atoms with Crippen molar-refractivity contribution in [3.8, 4) is 0 Å². The summed E-state index contributed by atoms with van der Waals surface area (Å²) in [5.74, 6) is 0.0418. The molecule has 0 atom stereocenters. The van der Waals surface area contributed by atoms with Crippen LogP contribution in [0.15, 0.2) is 48.5 Å². The molecule has 1 nitrogen and oxygen atoms in total. The van der Waals surface area contributed by atoms with E-state index in [9.17, 15) is 8.78 Å². The Morgan fingerprint density at radius 3 is 2.50 bits per heavy atom. The van der Waals surface area contributed by atoms with Gasteiger partial charge in [0.1, 0.15) is 11.6 Å². The van der Waals surface area contributed by atoms with Crippen LogP contribution in [0.25, 0.3) is 0 Å². The third kappa shape index (κ3) is 4.38. The zero-order valence-corrected chi connectivity index (χ0v) is 12.6. The number of nitrogens with zero attached hydrogens (tertiary/aromatic N) is 1. The van der Waals surface area contributed by atoms with Gasteiger partial charge in [-0.25, -0.2) is 8.78 Å². The van der Waals surface area contributed by atoms with E-state index in [1.807, 2.05) is 18.2 Å². The van der Waals surface area contributed by atoms with Crippen LogP contribution in [0, 0.1) is 17.6 Å². The maximum Gasteiger partial charge on any atom is 0.127 e. The van der Waals surface area contributed by atoms with E-state index in [-0.39, 0.29) is 11.6 Å². The molecular formula is C19H21F2N. The van der Waals surface area contributed by atoms with Crippen molar-refractivity contribution in [1.29, 1.82) is 0 Å². The van der Waals surface area contributed by atoms with Crippen molar-refractivity contribution >= 4 is 0 Å². The van der Waals surface area contributed by atoms with Crippen LogP contribution >= 0.6 is 0 Å². The fourth-order valence-electron chi connectivity index (χ4n) is 2.74. The first-order valence-corrected chi connectivity index (χ1v) is 7.91. The van der Waals surface area contributed by atoms with Gasteiger partial charge in [0.15, 0.2) is 0 Å². The van der Waals surface area contributed by atoms with E-state index in [0.717, 1.165) is 25.4 Å². The third-order valence-electron chi connectivity index (χ3n) is 4.17. The molecule has 1 aliphatic carbocycles. The molecule has 3 rings (SSSR count). The van der Waals surface area contributed by atoms with E-state index in [1.165, 1.54) is 36.6 Å². The predicted octanol–water partition coefficient (Wildman–Crippen LogP) is 4.42. The van der Waals surface area contributed by atoms with Gasteiger partial charge < -0.3 is 0 Å². The molecule has 22 heavy (non-hydrogen) atoms. The van der Waals surface area contributed by atoms with E-state index in [1.54, 1.807) is 0 Å². The SMILES string of the molecule is Fc1ccc(F)c(CN(CCc2ccccc2)CC2CC2)c1. The monoisotopic (exact) mass is 301 g/mol. The highest BCUT2D eigenvalue weighted by Crippen LogP contribution is 2.30. The summed E-state index contributed by atoms with van der Waals surface area (Å²) in [6.07, 6.45) is 3.45. The largest absolute Gasteiger partial charge is 0.298 e. The van der Waals surface area contributed by atoms with Crippen molar-refractivity contribution in [1.82, 2.24) is 4.90 Å². The summed E-state index contributed by atoms with van der Waals surface area (Å²) >= 11 is 0. The number of rotatable bonds is 7. The predicted molar refractivity (Wildman–Crippen MR) is 84.5 cm³/mol. The third-order valence-corrected chi connectivity index (χ3v) is 4.17. The lowest BCUT2D eigenvalue weighted by Crippen LogP contribution is -2.28. The highest BCUT2D eigenvalue weighted by molar-refractivity contribution is 5.19. The van der Waals surface area contributed by atoms with Crippen LogP contribution in [0.3, 0.4) is 0 Å². The summed E-state index contributed by atoms with van der Waals surface area (Å²) < 4.78 is 27.2. The van der Waals surface area contributed by atoms with Crippen molar-refractivity contribution in [3.05, 3.63) is 71.3 Å². The van der Waals surface area contributed by atoms with Gasteiger partial charge in [-0.1, -0.05) is 30.3 Å². The molecule has 0 bridgehead atoms. The minimum Gasteiger partial charge on any atom is -0.298 e. The fraction of sp³-hybridized carbons (Fsp3) is 0.368. The zero-order chi connectivity index (χ0) is 15.4. The molecule has 0 N–H and O–H groups in total. The average Bonchev–Trinajstić information content (AvgIpc) is 3.33. The Morgan fingerprint density at radius 1 is 1.00 bits per heavy atom. The second-order valence-electron chi connectivity index (χ2n) is 6.15. The Hall–Kier alpha value is -1.74. The molecule has 0 spiro atoms. The molecule has 0 aliphatic heterocycles. The molecule has 0 aromatic heterocycles. The molecule has 0 heterocycles. The van der Waals surface area contributed by atoms with Crippen molar-refractivity contribution in [2.24, 2.45) is 5.92 Å². The van der Waals surface area contributed by atoms with E-state index in [2.05, 4.69) is 17.0 Å². The van der Waals surface area contributed by atoms with Crippen LogP contribution in [0.1, 0.15) is 24.0 Å². The van der Waals surface area contributed by atoms with Crippen molar-refractivity contribution < 1.29 is 8.78 Å². The molecule has 0 radical (unpaired) electrons. The molecule has 1 fully saturated rings. The highest BCUT2D eigenvalue weighted by Gasteiger charge is 2.24. The Bertz CT molecular complexity index is 608. The molecule has 0 unspecified atom stereocenters. The van der Waals surface area contributed by atoms with Crippen molar-refractivity contribution in [2.45, 2.75) is 25.8 Å². The quantitative estimate of drug-likeness (QED) is 0.732. The van der Waals surface area contributed by atoms with Crippen LogP contribution < -0.4 is 0 Å². The molecular weight excluding hydrogens is 280 g/mol. The molecule has 3 heteroatoms. The standard InChI is InChI=1S/C19H21F2N/c20-18-8-9-19(21)17(12-18)14-22(13-16-6-7-16)11-10-15-4-2-1-3-5-15/h1-5,8-9,12,16H,6-7,10-11,13-14H2. The molecule has 2 aromatic carbocycles. The van der Waals surface area contributed by atoms with E-state index < -0.39 is 0 Å². The molecule has 1 aliphatic rings. The number of hydrogen-bond donors (Lipinski definition) is 0. The minimum absolute atomic E-state index is 0.318. The Balaban J connectivity index is 1.65. The van der Waals surface area contributed by atoms with Crippen LogP contribution in [0.2, 0.25) is 0 Å². The average molecular weight is 301 g/mol. The van der Waals surface area contributed by atoms with Crippen LogP contribution in [-0.2, 0) is 13.0 Å². The van der Waals surface area contributed by atoms with E-state index in [0.29, 0.717) is 12.1 Å². The molecule has 1 saturated carbocycles. The van der Waals surface area contributed by atoms with Gasteiger partial charge in [0.05, 0.1) is 0 Å². The summed E-state index contributed by atoms with van der Waals surface area (Å²) in [6, 6.07) is 14.0. The first-order valence-electron chi connectivity index (χ1n) is 7.91. The molecule has 2 aromatic rings. The lowest BCUT2D eigenvalue weighted by Gasteiger charge is -2.22. The second-order valence-corrected chi connectivity index (χ2v) is 6.15. The van der Waals surface area contributed by atoms with E-state index >= 15 is 0 Å². The molecule has 0 amide bonds. The van der Waals surface area contributed by atoms with Gasteiger partial charge in [-0.15, -0.1) is 0 Å². The van der Waals surface area contributed by atoms with E-state index in [4.69, 9.17) is 0 Å². The van der Waals surface area contributed by atoms with Gasteiger partial charge in [-0.3, -0.25) is 4.90 Å². The topological polar surface area (TPSA) is 3.24 Å². The Labute approximate surface area is 130 Å². The fourth-order valence-corrected chi connectivity index (χ4v) is 2.74. The molecule has 0 saturated heterocycles. The van der Waals surface area contributed by atoms with Gasteiger partial charge in [0.2, 0.25) is 0 Å². The second kappa shape index (κ2) is 7.01. The number of hydrogen-bond acceptors (Lipinski definition) is 1. The number of benzene rings is 2. The zero-order valence-electron chi connectivity index (χ0n) is 12.6. The molecule has 116 valence electrons. The van der Waals surface area contributed by atoms with Crippen LogP contribution in [0.5, 0.6) is 0 Å². The normalized spacial score (nSPS) is 14.5. The first-order chi connectivity index (χ1) is 10.7. The van der Waals surface area contributed by atoms with Gasteiger partial charge in [0.25, 0.3) is 0 Å². The first kappa shape index (κ1) is 15.2. The smallest absolute Gasteiger partial charge is 0.127 e. The lowest BCUT2D eigenvalue weighted by molar-refractivity contribution is 0.254. The Kier molecular flexibility index (Phi) is 4.84. The minimum atomic E-state index is -0.370. The summed E-state index contributed by atoms with van der Waals surface area (Å²) in [5, 5.41) is 0.